The van der Waals surface area contributed by atoms with E-state index in [2.05, 4.69) is 10.1 Å². The van der Waals surface area contributed by atoms with Gasteiger partial charge < -0.3 is 9.84 Å². The van der Waals surface area contributed by atoms with Crippen molar-refractivity contribution in [2.45, 2.75) is 18.9 Å². The zero-order valence-electron chi connectivity index (χ0n) is 9.28. The second-order valence-corrected chi connectivity index (χ2v) is 4.01. The standard InChI is InChI=1S/C12H13N3O2/c16-12(11-3-1-2-6-17-11)9-7-14-15-5-4-13-8-10(9)15/h3-5,7-8,12,16H,1-2,6H2. The average molecular weight is 231 g/mol. The van der Waals surface area contributed by atoms with Crippen molar-refractivity contribution in [3.63, 3.8) is 0 Å². The first-order valence-corrected chi connectivity index (χ1v) is 5.64. The fraction of sp³-hybridized carbons (Fsp3) is 0.333. The van der Waals surface area contributed by atoms with Crippen LogP contribution in [0.2, 0.25) is 0 Å². The Morgan fingerprint density at radius 1 is 1.41 bits per heavy atom. The minimum Gasteiger partial charge on any atom is -0.495 e. The molecule has 0 spiro atoms. The van der Waals surface area contributed by atoms with Crippen LogP contribution in [0.15, 0.2) is 36.6 Å². The molecule has 0 aromatic carbocycles. The van der Waals surface area contributed by atoms with Crippen molar-refractivity contribution >= 4 is 5.52 Å². The van der Waals surface area contributed by atoms with E-state index in [-0.39, 0.29) is 0 Å². The summed E-state index contributed by atoms with van der Waals surface area (Å²) in [6.45, 7) is 0.667. The number of allylic oxidation sites excluding steroid dienone is 1. The fourth-order valence-corrected chi connectivity index (χ4v) is 1.98. The van der Waals surface area contributed by atoms with Gasteiger partial charge in [-0.3, -0.25) is 4.98 Å². The third-order valence-corrected chi connectivity index (χ3v) is 2.88. The van der Waals surface area contributed by atoms with Crippen LogP contribution in [0.4, 0.5) is 0 Å². The number of aliphatic hydroxyl groups excluding tert-OH is 1. The Bertz CT molecular complexity index is 562. The molecule has 2 aromatic heterocycles. The highest BCUT2D eigenvalue weighted by molar-refractivity contribution is 5.54. The van der Waals surface area contributed by atoms with Gasteiger partial charge in [-0.2, -0.15) is 5.10 Å². The minimum atomic E-state index is -0.753. The number of nitrogens with zero attached hydrogens (tertiary/aromatic N) is 3. The Kier molecular flexibility index (Phi) is 2.53. The summed E-state index contributed by atoms with van der Waals surface area (Å²) in [6.07, 6.45) is 9.89. The third-order valence-electron chi connectivity index (χ3n) is 2.88. The molecule has 0 saturated carbocycles. The van der Waals surface area contributed by atoms with E-state index in [0.717, 1.165) is 23.9 Å². The first-order chi connectivity index (χ1) is 8.36. The van der Waals surface area contributed by atoms with Gasteiger partial charge in [0.25, 0.3) is 0 Å². The summed E-state index contributed by atoms with van der Waals surface area (Å²) < 4.78 is 7.16. The van der Waals surface area contributed by atoms with Crippen molar-refractivity contribution in [3.8, 4) is 0 Å². The zero-order chi connectivity index (χ0) is 11.7. The van der Waals surface area contributed by atoms with Crippen molar-refractivity contribution in [3.05, 3.63) is 42.2 Å². The van der Waals surface area contributed by atoms with Gasteiger partial charge in [0, 0.05) is 18.0 Å². The first kappa shape index (κ1) is 10.3. The van der Waals surface area contributed by atoms with E-state index < -0.39 is 6.10 Å². The number of fused-ring (bicyclic) bond motifs is 1. The molecule has 1 atom stereocenters. The fourth-order valence-electron chi connectivity index (χ4n) is 1.98. The number of hydrogen-bond acceptors (Lipinski definition) is 4. The van der Waals surface area contributed by atoms with Gasteiger partial charge in [-0.1, -0.05) is 0 Å². The quantitative estimate of drug-likeness (QED) is 0.850. The molecule has 1 unspecified atom stereocenters. The highest BCUT2D eigenvalue weighted by atomic mass is 16.5. The molecule has 2 aromatic rings. The van der Waals surface area contributed by atoms with Crippen molar-refractivity contribution in [2.24, 2.45) is 0 Å². The molecule has 1 N–H and O–H groups in total. The van der Waals surface area contributed by atoms with Gasteiger partial charge in [-0.15, -0.1) is 0 Å². The van der Waals surface area contributed by atoms with Crippen LogP contribution in [0, 0.1) is 0 Å². The maximum Gasteiger partial charge on any atom is 0.139 e. The number of aromatic nitrogens is 3. The van der Waals surface area contributed by atoms with Crippen LogP contribution in [-0.2, 0) is 4.74 Å². The summed E-state index contributed by atoms with van der Waals surface area (Å²) in [5.74, 6) is 0.620. The molecular formula is C12H13N3O2. The van der Waals surface area contributed by atoms with Gasteiger partial charge in [0.1, 0.15) is 11.9 Å². The molecule has 0 bridgehead atoms. The Hall–Kier alpha value is -1.88. The molecule has 0 saturated heterocycles. The van der Waals surface area contributed by atoms with E-state index in [1.165, 1.54) is 0 Å². The van der Waals surface area contributed by atoms with Crippen LogP contribution < -0.4 is 0 Å². The average Bonchev–Trinajstić information content (AvgIpc) is 2.83. The Morgan fingerprint density at radius 3 is 3.18 bits per heavy atom. The number of aliphatic hydroxyl groups is 1. The number of rotatable bonds is 2. The van der Waals surface area contributed by atoms with E-state index in [9.17, 15) is 5.11 Å². The zero-order valence-corrected chi connectivity index (χ0v) is 9.28. The summed E-state index contributed by atoms with van der Waals surface area (Å²) in [7, 11) is 0. The summed E-state index contributed by atoms with van der Waals surface area (Å²) in [5.41, 5.74) is 1.53. The molecule has 17 heavy (non-hydrogen) atoms. The highest BCUT2D eigenvalue weighted by Crippen LogP contribution is 2.28. The second-order valence-electron chi connectivity index (χ2n) is 4.01. The maximum atomic E-state index is 10.3. The summed E-state index contributed by atoms with van der Waals surface area (Å²) in [4.78, 5) is 4.04. The molecule has 0 aliphatic carbocycles. The van der Waals surface area contributed by atoms with E-state index in [1.54, 1.807) is 29.3 Å². The molecule has 3 rings (SSSR count). The van der Waals surface area contributed by atoms with Crippen LogP contribution >= 0.6 is 0 Å². The molecule has 5 nitrogen and oxygen atoms in total. The highest BCUT2D eigenvalue weighted by Gasteiger charge is 2.20. The van der Waals surface area contributed by atoms with E-state index in [1.807, 2.05) is 6.08 Å². The topological polar surface area (TPSA) is 59.7 Å². The van der Waals surface area contributed by atoms with Crippen LogP contribution in [-0.4, -0.2) is 26.3 Å². The van der Waals surface area contributed by atoms with Crippen LogP contribution in [0.5, 0.6) is 0 Å². The molecule has 1 aliphatic rings. The van der Waals surface area contributed by atoms with E-state index in [0.29, 0.717) is 12.4 Å². The molecule has 0 radical (unpaired) electrons. The largest absolute Gasteiger partial charge is 0.495 e. The van der Waals surface area contributed by atoms with Crippen LogP contribution in [0.25, 0.3) is 5.52 Å². The number of ether oxygens (including phenoxy) is 1. The lowest BCUT2D eigenvalue weighted by molar-refractivity contribution is 0.0925. The maximum absolute atomic E-state index is 10.3. The second kappa shape index (κ2) is 4.18. The number of hydrogen-bond donors (Lipinski definition) is 1. The predicted octanol–water partition coefficient (Wildman–Crippen LogP) is 1.46. The van der Waals surface area contributed by atoms with Crippen LogP contribution in [0.3, 0.4) is 0 Å². The van der Waals surface area contributed by atoms with E-state index in [4.69, 9.17) is 4.74 Å². The molecule has 3 heterocycles. The Balaban J connectivity index is 2.00. The van der Waals surface area contributed by atoms with Gasteiger partial charge in [-0.25, -0.2) is 4.52 Å². The SMILES string of the molecule is OC(C1=CCCCO1)c1cnn2ccncc12. The van der Waals surface area contributed by atoms with Crippen molar-refractivity contribution in [1.29, 1.82) is 0 Å². The smallest absolute Gasteiger partial charge is 0.139 e. The summed E-state index contributed by atoms with van der Waals surface area (Å²) in [5, 5.41) is 14.4. The lowest BCUT2D eigenvalue weighted by Crippen LogP contribution is -2.09. The van der Waals surface area contributed by atoms with Gasteiger partial charge >= 0.3 is 0 Å². The van der Waals surface area contributed by atoms with Gasteiger partial charge in [0.05, 0.1) is 24.5 Å². The molecule has 5 heteroatoms. The van der Waals surface area contributed by atoms with E-state index >= 15 is 0 Å². The molecular weight excluding hydrogens is 218 g/mol. The Labute approximate surface area is 98.4 Å². The van der Waals surface area contributed by atoms with Crippen molar-refractivity contribution in [2.75, 3.05) is 6.61 Å². The molecule has 0 amide bonds. The minimum absolute atomic E-state index is 0.620. The Morgan fingerprint density at radius 2 is 2.35 bits per heavy atom. The predicted molar refractivity (Wildman–Crippen MR) is 61.2 cm³/mol. The molecule has 88 valence electrons. The van der Waals surface area contributed by atoms with Gasteiger partial charge in [0.2, 0.25) is 0 Å². The third kappa shape index (κ3) is 1.78. The van der Waals surface area contributed by atoms with Crippen molar-refractivity contribution in [1.82, 2.24) is 14.6 Å². The lowest BCUT2D eigenvalue weighted by Gasteiger charge is -2.19. The monoisotopic (exact) mass is 231 g/mol. The molecule has 0 fully saturated rings. The lowest BCUT2D eigenvalue weighted by atomic mass is 10.1. The normalized spacial score (nSPS) is 17.6. The van der Waals surface area contributed by atoms with Crippen molar-refractivity contribution < 1.29 is 9.84 Å². The summed E-state index contributed by atoms with van der Waals surface area (Å²) in [6, 6.07) is 0. The van der Waals surface area contributed by atoms with Gasteiger partial charge in [-0.05, 0) is 18.9 Å². The molecule has 1 aliphatic heterocycles. The van der Waals surface area contributed by atoms with Crippen LogP contribution in [0.1, 0.15) is 24.5 Å². The first-order valence-electron chi connectivity index (χ1n) is 5.64. The summed E-state index contributed by atoms with van der Waals surface area (Å²) >= 11 is 0. The van der Waals surface area contributed by atoms with Gasteiger partial charge in [0.15, 0.2) is 0 Å².